The molecule has 0 aliphatic carbocycles. The van der Waals surface area contributed by atoms with Crippen molar-refractivity contribution in [2.75, 3.05) is 59.4 Å². The predicted octanol–water partition coefficient (Wildman–Crippen LogP) is -0.247. The molecule has 2 fully saturated rings. The molecule has 2 rings (SSSR count). The van der Waals surface area contributed by atoms with Gasteiger partial charge in [-0.2, -0.15) is 0 Å². The second kappa shape index (κ2) is 8.34. The third kappa shape index (κ3) is 4.97. The summed E-state index contributed by atoms with van der Waals surface area (Å²) in [7, 11) is 1.90. The Morgan fingerprint density at radius 1 is 0.905 bits per heavy atom. The molecule has 0 bridgehead atoms. The summed E-state index contributed by atoms with van der Waals surface area (Å²) in [6.45, 7) is 6.27. The Labute approximate surface area is 127 Å². The van der Waals surface area contributed by atoms with Crippen molar-refractivity contribution in [3.05, 3.63) is 0 Å². The number of nitrogens with zero attached hydrogens (tertiary/aromatic N) is 3. The molecule has 0 aromatic rings. The highest BCUT2D eigenvalue weighted by Gasteiger charge is 2.25. The van der Waals surface area contributed by atoms with Crippen LogP contribution in [-0.4, -0.2) is 85.9 Å². The van der Waals surface area contributed by atoms with Gasteiger partial charge in [-0.15, -0.1) is 0 Å². The molecule has 2 aliphatic rings. The van der Waals surface area contributed by atoms with Gasteiger partial charge in [-0.25, -0.2) is 0 Å². The van der Waals surface area contributed by atoms with E-state index >= 15 is 0 Å². The zero-order chi connectivity index (χ0) is 15.1. The van der Waals surface area contributed by atoms with Crippen molar-refractivity contribution in [2.45, 2.75) is 25.7 Å². The van der Waals surface area contributed by atoms with Crippen LogP contribution in [0.1, 0.15) is 25.7 Å². The first kappa shape index (κ1) is 16.2. The van der Waals surface area contributed by atoms with Crippen LogP contribution >= 0.6 is 0 Å². The van der Waals surface area contributed by atoms with Crippen LogP contribution in [0.5, 0.6) is 0 Å². The van der Waals surface area contributed by atoms with E-state index in [1.807, 2.05) is 16.8 Å². The number of likely N-dealkylation sites (tertiary alicyclic amines) is 1. The van der Waals surface area contributed by atoms with Crippen LogP contribution in [0.2, 0.25) is 0 Å². The molecule has 2 saturated heterocycles. The number of carbonyl (C=O) groups excluding carboxylic acids is 2. The number of hydrogen-bond donors (Lipinski definition) is 1. The van der Waals surface area contributed by atoms with Crippen molar-refractivity contribution < 1.29 is 9.59 Å². The number of nitrogens with one attached hydrogen (secondary N) is 1. The molecule has 120 valence electrons. The van der Waals surface area contributed by atoms with E-state index in [-0.39, 0.29) is 11.8 Å². The summed E-state index contributed by atoms with van der Waals surface area (Å²) in [5, 5.41) is 3.05. The zero-order valence-electron chi connectivity index (χ0n) is 13.1. The third-order valence-corrected chi connectivity index (χ3v) is 4.36. The first-order chi connectivity index (χ1) is 10.2. The Bertz CT molecular complexity index is 348. The van der Waals surface area contributed by atoms with E-state index in [0.717, 1.165) is 26.1 Å². The van der Waals surface area contributed by atoms with E-state index in [1.165, 1.54) is 12.8 Å². The first-order valence-corrected chi connectivity index (χ1v) is 8.13. The number of piperazine rings is 1. The lowest BCUT2D eigenvalue weighted by Gasteiger charge is -2.35. The fourth-order valence-corrected chi connectivity index (χ4v) is 3.01. The van der Waals surface area contributed by atoms with E-state index in [2.05, 4.69) is 10.2 Å². The number of hydrogen-bond acceptors (Lipinski definition) is 4. The van der Waals surface area contributed by atoms with Crippen LogP contribution in [0.15, 0.2) is 0 Å². The molecule has 1 N–H and O–H groups in total. The summed E-state index contributed by atoms with van der Waals surface area (Å²) in [5.41, 5.74) is 0. The van der Waals surface area contributed by atoms with Gasteiger partial charge in [0.2, 0.25) is 11.8 Å². The highest BCUT2D eigenvalue weighted by Crippen LogP contribution is 2.09. The lowest BCUT2D eigenvalue weighted by Crippen LogP contribution is -2.52. The Morgan fingerprint density at radius 2 is 1.48 bits per heavy atom. The second-order valence-electron chi connectivity index (χ2n) is 5.95. The minimum Gasteiger partial charge on any atom is -0.339 e. The SMILES string of the molecule is CNCCCC(=O)N1CCN(C(=O)CN2CCCC2)CC1. The van der Waals surface area contributed by atoms with Crippen LogP contribution in [0.25, 0.3) is 0 Å². The van der Waals surface area contributed by atoms with Gasteiger partial charge in [0.25, 0.3) is 0 Å². The van der Waals surface area contributed by atoms with Gasteiger partial charge in [0.15, 0.2) is 0 Å². The molecular formula is C15H28N4O2. The number of carbonyl (C=O) groups is 2. The molecule has 6 nitrogen and oxygen atoms in total. The minimum atomic E-state index is 0.219. The van der Waals surface area contributed by atoms with Gasteiger partial charge < -0.3 is 15.1 Å². The smallest absolute Gasteiger partial charge is 0.236 e. The molecule has 0 spiro atoms. The number of amides is 2. The van der Waals surface area contributed by atoms with Gasteiger partial charge in [0.05, 0.1) is 6.54 Å². The molecule has 6 heteroatoms. The fourth-order valence-electron chi connectivity index (χ4n) is 3.01. The predicted molar refractivity (Wildman–Crippen MR) is 82.0 cm³/mol. The summed E-state index contributed by atoms with van der Waals surface area (Å²) in [6, 6.07) is 0. The van der Waals surface area contributed by atoms with Crippen LogP contribution in [0.3, 0.4) is 0 Å². The zero-order valence-corrected chi connectivity index (χ0v) is 13.1. The van der Waals surface area contributed by atoms with E-state index in [1.54, 1.807) is 0 Å². The largest absolute Gasteiger partial charge is 0.339 e. The van der Waals surface area contributed by atoms with Gasteiger partial charge >= 0.3 is 0 Å². The van der Waals surface area contributed by atoms with Crippen LogP contribution in [-0.2, 0) is 9.59 Å². The van der Waals surface area contributed by atoms with Crippen molar-refractivity contribution in [1.29, 1.82) is 0 Å². The highest BCUT2D eigenvalue weighted by molar-refractivity contribution is 5.79. The summed E-state index contributed by atoms with van der Waals surface area (Å²) in [4.78, 5) is 30.3. The Kier molecular flexibility index (Phi) is 6.45. The molecule has 2 amide bonds. The van der Waals surface area contributed by atoms with Crippen LogP contribution in [0, 0.1) is 0 Å². The van der Waals surface area contributed by atoms with Crippen molar-refractivity contribution in [3.8, 4) is 0 Å². The van der Waals surface area contributed by atoms with Crippen LogP contribution in [0.4, 0.5) is 0 Å². The molecule has 0 saturated carbocycles. The normalized spacial score (nSPS) is 20.0. The minimum absolute atomic E-state index is 0.219. The lowest BCUT2D eigenvalue weighted by atomic mass is 10.2. The average molecular weight is 296 g/mol. The number of rotatable bonds is 6. The summed E-state index contributed by atoms with van der Waals surface area (Å²) < 4.78 is 0. The van der Waals surface area contributed by atoms with Gasteiger partial charge in [-0.1, -0.05) is 0 Å². The Morgan fingerprint density at radius 3 is 2.05 bits per heavy atom. The summed E-state index contributed by atoms with van der Waals surface area (Å²) in [5.74, 6) is 0.441. The van der Waals surface area contributed by atoms with Crippen molar-refractivity contribution in [2.24, 2.45) is 0 Å². The van der Waals surface area contributed by atoms with E-state index in [0.29, 0.717) is 39.1 Å². The van der Waals surface area contributed by atoms with E-state index < -0.39 is 0 Å². The highest BCUT2D eigenvalue weighted by atomic mass is 16.2. The third-order valence-electron chi connectivity index (χ3n) is 4.36. The van der Waals surface area contributed by atoms with Crippen molar-refractivity contribution in [3.63, 3.8) is 0 Å². The molecule has 21 heavy (non-hydrogen) atoms. The molecule has 2 heterocycles. The average Bonchev–Trinajstić information content (AvgIpc) is 3.00. The molecule has 0 atom stereocenters. The molecule has 0 unspecified atom stereocenters. The van der Waals surface area contributed by atoms with Crippen molar-refractivity contribution in [1.82, 2.24) is 20.0 Å². The second-order valence-corrected chi connectivity index (χ2v) is 5.95. The topological polar surface area (TPSA) is 55.9 Å². The first-order valence-electron chi connectivity index (χ1n) is 8.13. The van der Waals surface area contributed by atoms with Gasteiger partial charge in [-0.3, -0.25) is 14.5 Å². The summed E-state index contributed by atoms with van der Waals surface area (Å²) >= 11 is 0. The molecule has 0 radical (unpaired) electrons. The van der Waals surface area contributed by atoms with Gasteiger partial charge in [-0.05, 0) is 45.9 Å². The summed E-state index contributed by atoms with van der Waals surface area (Å²) in [6.07, 6.45) is 3.90. The molecule has 0 aromatic carbocycles. The quantitative estimate of drug-likeness (QED) is 0.687. The van der Waals surface area contributed by atoms with E-state index in [9.17, 15) is 9.59 Å². The fraction of sp³-hybridized carbons (Fsp3) is 0.867. The van der Waals surface area contributed by atoms with Crippen LogP contribution < -0.4 is 5.32 Å². The van der Waals surface area contributed by atoms with Gasteiger partial charge in [0.1, 0.15) is 0 Å². The van der Waals surface area contributed by atoms with Crippen molar-refractivity contribution >= 4 is 11.8 Å². The molecule has 2 aliphatic heterocycles. The maximum Gasteiger partial charge on any atom is 0.236 e. The maximum atomic E-state index is 12.2. The Hall–Kier alpha value is -1.14. The Balaban J connectivity index is 1.67. The molecular weight excluding hydrogens is 268 g/mol. The van der Waals surface area contributed by atoms with E-state index in [4.69, 9.17) is 0 Å². The molecule has 0 aromatic heterocycles. The standard InChI is InChI=1S/C15H28N4O2/c1-16-6-4-5-14(20)18-9-11-19(12-10-18)15(21)13-17-7-2-3-8-17/h16H,2-13H2,1H3. The monoisotopic (exact) mass is 296 g/mol. The maximum absolute atomic E-state index is 12.2. The van der Waals surface area contributed by atoms with Gasteiger partial charge in [0, 0.05) is 32.6 Å². The lowest BCUT2D eigenvalue weighted by molar-refractivity contribution is -0.140.